The summed E-state index contributed by atoms with van der Waals surface area (Å²) in [6.07, 6.45) is 3.32. The Kier molecular flexibility index (Phi) is 3.68. The van der Waals surface area contributed by atoms with E-state index in [1.54, 1.807) is 18.2 Å². The van der Waals surface area contributed by atoms with Crippen molar-refractivity contribution in [2.24, 2.45) is 5.92 Å². The third-order valence-corrected chi connectivity index (χ3v) is 3.44. The average Bonchev–Trinajstić information content (AvgIpc) is 2.16. The van der Waals surface area contributed by atoms with E-state index in [0.29, 0.717) is 11.5 Å². The Morgan fingerprint density at radius 3 is 2.47 bits per heavy atom. The van der Waals surface area contributed by atoms with E-state index in [1.807, 2.05) is 0 Å². The Balaban J connectivity index is 2.17. The molecular formula is C13H11F3S. The monoisotopic (exact) mass is 256 g/mol. The van der Waals surface area contributed by atoms with Gasteiger partial charge in [-0.15, -0.1) is 0 Å². The third kappa shape index (κ3) is 3.71. The van der Waals surface area contributed by atoms with Crippen LogP contribution in [0.5, 0.6) is 0 Å². The van der Waals surface area contributed by atoms with Gasteiger partial charge in [0.25, 0.3) is 0 Å². The van der Waals surface area contributed by atoms with E-state index in [-0.39, 0.29) is 16.7 Å². The lowest BCUT2D eigenvalue weighted by atomic mass is 9.86. The second-order valence-corrected chi connectivity index (χ2v) is 5.05. The first-order valence-electron chi connectivity index (χ1n) is 5.41. The molecular weight excluding hydrogens is 245 g/mol. The van der Waals surface area contributed by atoms with Gasteiger partial charge in [-0.25, -0.2) is 0 Å². The van der Waals surface area contributed by atoms with Crippen LogP contribution >= 0.6 is 11.8 Å². The zero-order chi connectivity index (χ0) is 12.3. The molecule has 2 rings (SSSR count). The lowest BCUT2D eigenvalue weighted by Crippen LogP contribution is -2.07. The van der Waals surface area contributed by atoms with Gasteiger partial charge in [0, 0.05) is 16.4 Å². The standard InChI is InChI=1S/C13H11F3S/c14-13(15,16)17-12-7-2-1-6-11(12)9-8-10-4-3-5-10/h1-2,6-7,10H,3-5H2. The van der Waals surface area contributed by atoms with E-state index < -0.39 is 5.51 Å². The fraction of sp³-hybridized carbons (Fsp3) is 0.385. The summed E-state index contributed by atoms with van der Waals surface area (Å²) in [4.78, 5) is 0.187. The largest absolute Gasteiger partial charge is 0.446 e. The number of hydrogen-bond acceptors (Lipinski definition) is 1. The maximum Gasteiger partial charge on any atom is 0.446 e. The first-order chi connectivity index (χ1) is 8.04. The van der Waals surface area contributed by atoms with Crippen LogP contribution in [0, 0.1) is 17.8 Å². The first-order valence-corrected chi connectivity index (χ1v) is 6.22. The topological polar surface area (TPSA) is 0 Å². The maximum atomic E-state index is 12.3. The molecule has 17 heavy (non-hydrogen) atoms. The number of thioether (sulfide) groups is 1. The van der Waals surface area contributed by atoms with Crippen molar-refractivity contribution in [3.05, 3.63) is 29.8 Å². The van der Waals surface area contributed by atoms with Gasteiger partial charge in [0.2, 0.25) is 0 Å². The molecule has 1 aliphatic rings. The van der Waals surface area contributed by atoms with Crippen molar-refractivity contribution >= 4 is 11.8 Å². The number of halogens is 3. The van der Waals surface area contributed by atoms with Gasteiger partial charge in [0.05, 0.1) is 0 Å². The molecule has 4 heteroatoms. The molecule has 0 aliphatic heterocycles. The van der Waals surface area contributed by atoms with Crippen LogP contribution in [-0.2, 0) is 0 Å². The van der Waals surface area contributed by atoms with Crippen LogP contribution in [0.1, 0.15) is 24.8 Å². The Labute approximate surface area is 103 Å². The minimum Gasteiger partial charge on any atom is -0.160 e. The summed E-state index contributed by atoms with van der Waals surface area (Å²) >= 11 is -0.0979. The molecule has 0 bridgehead atoms. The Hall–Kier alpha value is -1.08. The number of rotatable bonds is 1. The number of benzene rings is 1. The van der Waals surface area contributed by atoms with E-state index >= 15 is 0 Å². The highest BCUT2D eigenvalue weighted by molar-refractivity contribution is 8.00. The molecule has 1 aliphatic carbocycles. The molecule has 0 saturated heterocycles. The molecule has 0 amide bonds. The van der Waals surface area contributed by atoms with E-state index in [4.69, 9.17) is 0 Å². The minimum atomic E-state index is -4.26. The molecule has 0 heterocycles. The van der Waals surface area contributed by atoms with Crippen molar-refractivity contribution in [3.8, 4) is 11.8 Å². The normalized spacial score (nSPS) is 15.9. The summed E-state index contributed by atoms with van der Waals surface area (Å²) in [6.45, 7) is 0. The molecule has 0 nitrogen and oxygen atoms in total. The number of hydrogen-bond donors (Lipinski definition) is 0. The smallest absolute Gasteiger partial charge is 0.160 e. The van der Waals surface area contributed by atoms with Gasteiger partial charge in [-0.3, -0.25) is 0 Å². The van der Waals surface area contributed by atoms with Crippen molar-refractivity contribution < 1.29 is 13.2 Å². The molecule has 1 saturated carbocycles. The van der Waals surface area contributed by atoms with Crippen LogP contribution in [-0.4, -0.2) is 5.51 Å². The van der Waals surface area contributed by atoms with E-state index in [0.717, 1.165) is 12.8 Å². The lowest BCUT2D eigenvalue weighted by Gasteiger charge is -2.18. The lowest BCUT2D eigenvalue weighted by molar-refractivity contribution is -0.0328. The Bertz CT molecular complexity index is 450. The van der Waals surface area contributed by atoms with Gasteiger partial charge in [-0.2, -0.15) is 13.2 Å². The van der Waals surface area contributed by atoms with Crippen LogP contribution in [0.3, 0.4) is 0 Å². The van der Waals surface area contributed by atoms with Gasteiger partial charge >= 0.3 is 5.51 Å². The van der Waals surface area contributed by atoms with Gasteiger partial charge < -0.3 is 0 Å². The molecule has 90 valence electrons. The predicted molar refractivity (Wildman–Crippen MR) is 62.6 cm³/mol. The molecule has 0 N–H and O–H groups in total. The highest BCUT2D eigenvalue weighted by Gasteiger charge is 2.30. The molecule has 0 aromatic heterocycles. The van der Waals surface area contributed by atoms with Crippen LogP contribution in [0.2, 0.25) is 0 Å². The fourth-order valence-electron chi connectivity index (χ4n) is 1.52. The van der Waals surface area contributed by atoms with Gasteiger partial charge in [0.15, 0.2) is 0 Å². The fourth-order valence-corrected chi connectivity index (χ4v) is 2.14. The van der Waals surface area contributed by atoms with Crippen molar-refractivity contribution in [3.63, 3.8) is 0 Å². The van der Waals surface area contributed by atoms with Crippen LogP contribution in [0.15, 0.2) is 29.2 Å². The van der Waals surface area contributed by atoms with Crippen molar-refractivity contribution in [1.29, 1.82) is 0 Å². The second kappa shape index (κ2) is 5.05. The molecule has 0 spiro atoms. The zero-order valence-electron chi connectivity index (χ0n) is 9.05. The van der Waals surface area contributed by atoms with Crippen LogP contribution in [0.4, 0.5) is 13.2 Å². The summed E-state index contributed by atoms with van der Waals surface area (Å²) in [6, 6.07) is 6.41. The molecule has 1 aromatic carbocycles. The summed E-state index contributed by atoms with van der Waals surface area (Å²) < 4.78 is 36.9. The van der Waals surface area contributed by atoms with Gasteiger partial charge in [-0.05, 0) is 36.7 Å². The van der Waals surface area contributed by atoms with Crippen molar-refractivity contribution in [2.45, 2.75) is 29.7 Å². The highest BCUT2D eigenvalue weighted by atomic mass is 32.2. The summed E-state index contributed by atoms with van der Waals surface area (Å²) in [5, 5.41) is 0. The Morgan fingerprint density at radius 1 is 1.18 bits per heavy atom. The van der Waals surface area contributed by atoms with Gasteiger partial charge in [-0.1, -0.05) is 30.4 Å². The summed E-state index contributed by atoms with van der Waals surface area (Å²) in [5.41, 5.74) is -3.78. The maximum absolute atomic E-state index is 12.3. The second-order valence-electron chi connectivity index (χ2n) is 3.94. The summed E-state index contributed by atoms with van der Waals surface area (Å²) in [5.74, 6) is 6.27. The quantitative estimate of drug-likeness (QED) is 0.528. The molecule has 0 radical (unpaired) electrons. The molecule has 1 aromatic rings. The molecule has 0 atom stereocenters. The Morgan fingerprint density at radius 2 is 1.88 bits per heavy atom. The average molecular weight is 256 g/mol. The zero-order valence-corrected chi connectivity index (χ0v) is 9.87. The minimum absolute atomic E-state index is 0.0979. The highest BCUT2D eigenvalue weighted by Crippen LogP contribution is 2.38. The van der Waals surface area contributed by atoms with Crippen LogP contribution in [0.25, 0.3) is 0 Å². The number of alkyl halides is 3. The van der Waals surface area contributed by atoms with E-state index in [1.165, 1.54) is 12.5 Å². The van der Waals surface area contributed by atoms with E-state index in [9.17, 15) is 13.2 Å². The summed E-state index contributed by atoms with van der Waals surface area (Å²) in [7, 11) is 0. The third-order valence-electron chi connectivity index (χ3n) is 2.63. The molecule has 0 unspecified atom stereocenters. The van der Waals surface area contributed by atoms with Crippen LogP contribution < -0.4 is 0 Å². The van der Waals surface area contributed by atoms with Gasteiger partial charge in [0.1, 0.15) is 0 Å². The SMILES string of the molecule is FC(F)(F)Sc1ccccc1C#CC1CCC1. The molecule has 1 fully saturated rings. The van der Waals surface area contributed by atoms with E-state index in [2.05, 4.69) is 11.8 Å². The van der Waals surface area contributed by atoms with Crippen molar-refractivity contribution in [1.82, 2.24) is 0 Å². The first kappa shape index (κ1) is 12.4. The van der Waals surface area contributed by atoms with Crippen molar-refractivity contribution in [2.75, 3.05) is 0 Å². The predicted octanol–water partition coefficient (Wildman–Crippen LogP) is 4.45.